The van der Waals surface area contributed by atoms with Gasteiger partial charge in [0.1, 0.15) is 5.69 Å². The van der Waals surface area contributed by atoms with Crippen molar-refractivity contribution in [2.24, 2.45) is 0 Å². The van der Waals surface area contributed by atoms with Gasteiger partial charge in [-0.15, -0.1) is 0 Å². The highest BCUT2D eigenvalue weighted by Gasteiger charge is 2.25. The Bertz CT molecular complexity index is 1160. The number of fused-ring (bicyclic) bond motifs is 1. The molecule has 0 spiro atoms. The molecule has 0 atom stereocenters. The van der Waals surface area contributed by atoms with Crippen LogP contribution in [0.1, 0.15) is 19.4 Å². The SMILES string of the molecule is CCN(CC)S(=O)(=O)c1ccc(NCCc2cccc3cccnc23)c([N+](=O)[O-])c1. The van der Waals surface area contributed by atoms with E-state index in [9.17, 15) is 18.5 Å². The summed E-state index contributed by atoms with van der Waals surface area (Å²) in [5.74, 6) is 0. The molecule has 0 amide bonds. The number of para-hydroxylation sites is 1. The van der Waals surface area contributed by atoms with Gasteiger partial charge in [-0.3, -0.25) is 15.1 Å². The fraction of sp³-hybridized carbons (Fsp3) is 0.286. The smallest absolute Gasteiger partial charge is 0.293 e. The van der Waals surface area contributed by atoms with Crippen LogP contribution in [0.4, 0.5) is 11.4 Å². The number of nitro benzene ring substituents is 1. The highest BCUT2D eigenvalue weighted by atomic mass is 32.2. The van der Waals surface area contributed by atoms with Crippen molar-refractivity contribution in [2.45, 2.75) is 25.2 Å². The molecule has 1 heterocycles. The summed E-state index contributed by atoms with van der Waals surface area (Å²) in [4.78, 5) is 15.3. The largest absolute Gasteiger partial charge is 0.379 e. The minimum absolute atomic E-state index is 0.0818. The fourth-order valence-corrected chi connectivity index (χ4v) is 4.86. The number of nitrogens with zero attached hydrogens (tertiary/aromatic N) is 3. The van der Waals surface area contributed by atoms with Crippen molar-refractivity contribution in [3.8, 4) is 0 Å². The summed E-state index contributed by atoms with van der Waals surface area (Å²) < 4.78 is 26.6. The number of nitrogens with one attached hydrogen (secondary N) is 1. The van der Waals surface area contributed by atoms with Crippen molar-refractivity contribution < 1.29 is 13.3 Å². The van der Waals surface area contributed by atoms with Gasteiger partial charge in [-0.25, -0.2) is 8.42 Å². The van der Waals surface area contributed by atoms with Crippen molar-refractivity contribution in [2.75, 3.05) is 25.0 Å². The minimum atomic E-state index is -3.77. The Hall–Kier alpha value is -3.04. The molecule has 0 aliphatic rings. The van der Waals surface area contributed by atoms with Crippen LogP contribution in [-0.4, -0.2) is 42.3 Å². The second kappa shape index (κ2) is 9.19. The third-order valence-electron chi connectivity index (χ3n) is 4.94. The quantitative estimate of drug-likeness (QED) is 0.410. The highest BCUT2D eigenvalue weighted by Crippen LogP contribution is 2.29. The molecular weight excluding hydrogens is 404 g/mol. The lowest BCUT2D eigenvalue weighted by molar-refractivity contribution is -0.384. The Kier molecular flexibility index (Phi) is 6.63. The van der Waals surface area contributed by atoms with Crippen LogP contribution >= 0.6 is 0 Å². The summed E-state index contributed by atoms with van der Waals surface area (Å²) in [6.45, 7) is 4.50. The lowest BCUT2D eigenvalue weighted by Gasteiger charge is -2.18. The molecule has 9 heteroatoms. The van der Waals surface area contributed by atoms with E-state index in [2.05, 4.69) is 10.3 Å². The number of anilines is 1. The Morgan fingerprint density at radius 2 is 1.83 bits per heavy atom. The summed E-state index contributed by atoms with van der Waals surface area (Å²) in [6.07, 6.45) is 2.35. The molecule has 30 heavy (non-hydrogen) atoms. The molecule has 0 aliphatic carbocycles. The van der Waals surface area contributed by atoms with Crippen molar-refractivity contribution in [3.05, 3.63) is 70.4 Å². The van der Waals surface area contributed by atoms with Crippen molar-refractivity contribution >= 4 is 32.3 Å². The average Bonchev–Trinajstić information content (AvgIpc) is 2.74. The molecule has 2 aromatic carbocycles. The Balaban J connectivity index is 1.82. The topological polar surface area (TPSA) is 105 Å². The highest BCUT2D eigenvalue weighted by molar-refractivity contribution is 7.89. The van der Waals surface area contributed by atoms with E-state index in [0.29, 0.717) is 26.1 Å². The van der Waals surface area contributed by atoms with Gasteiger partial charge in [0.2, 0.25) is 10.0 Å². The lowest BCUT2D eigenvalue weighted by Crippen LogP contribution is -2.30. The van der Waals surface area contributed by atoms with Gasteiger partial charge in [0, 0.05) is 37.3 Å². The summed E-state index contributed by atoms with van der Waals surface area (Å²) in [7, 11) is -3.77. The Morgan fingerprint density at radius 1 is 1.10 bits per heavy atom. The molecule has 158 valence electrons. The lowest BCUT2D eigenvalue weighted by atomic mass is 10.1. The maximum Gasteiger partial charge on any atom is 0.293 e. The number of hydrogen-bond donors (Lipinski definition) is 1. The molecule has 3 aromatic rings. The van der Waals surface area contributed by atoms with Crippen LogP contribution in [0.3, 0.4) is 0 Å². The van der Waals surface area contributed by atoms with Gasteiger partial charge in [0.25, 0.3) is 5.69 Å². The fourth-order valence-electron chi connectivity index (χ4n) is 3.39. The van der Waals surface area contributed by atoms with Crippen LogP contribution in [0.2, 0.25) is 0 Å². The zero-order valence-corrected chi connectivity index (χ0v) is 17.7. The summed E-state index contributed by atoms with van der Waals surface area (Å²) in [6, 6.07) is 13.8. The van der Waals surface area contributed by atoms with E-state index in [4.69, 9.17) is 0 Å². The van der Waals surface area contributed by atoms with Gasteiger partial charge in [-0.1, -0.05) is 38.1 Å². The van der Waals surface area contributed by atoms with E-state index in [0.717, 1.165) is 22.5 Å². The summed E-state index contributed by atoms with van der Waals surface area (Å²) in [5.41, 5.74) is 1.95. The normalized spacial score (nSPS) is 11.7. The monoisotopic (exact) mass is 428 g/mol. The van der Waals surface area contributed by atoms with Crippen LogP contribution in [0.5, 0.6) is 0 Å². The van der Waals surface area contributed by atoms with Crippen LogP contribution in [-0.2, 0) is 16.4 Å². The second-order valence-electron chi connectivity index (χ2n) is 6.69. The number of nitro groups is 1. The van der Waals surface area contributed by atoms with E-state index >= 15 is 0 Å². The van der Waals surface area contributed by atoms with E-state index in [1.165, 1.54) is 16.4 Å². The maximum absolute atomic E-state index is 12.7. The molecule has 1 aromatic heterocycles. The first-order valence-corrected chi connectivity index (χ1v) is 11.2. The van der Waals surface area contributed by atoms with E-state index < -0.39 is 14.9 Å². The zero-order valence-electron chi connectivity index (χ0n) is 16.9. The van der Waals surface area contributed by atoms with Crippen molar-refractivity contribution in [1.82, 2.24) is 9.29 Å². The van der Waals surface area contributed by atoms with Gasteiger partial charge in [-0.2, -0.15) is 4.31 Å². The number of hydrogen-bond acceptors (Lipinski definition) is 6. The van der Waals surface area contributed by atoms with Gasteiger partial charge >= 0.3 is 0 Å². The zero-order chi connectivity index (χ0) is 21.7. The van der Waals surface area contributed by atoms with Gasteiger partial charge in [0.15, 0.2) is 0 Å². The standard InChI is InChI=1S/C21H24N4O4S/c1-3-24(4-2)30(28,29)18-10-11-19(20(15-18)25(26)27)22-14-12-17-8-5-7-16-9-6-13-23-21(16)17/h5-11,13,15,22H,3-4,12,14H2,1-2H3. The summed E-state index contributed by atoms with van der Waals surface area (Å²) in [5, 5.41) is 15.7. The molecule has 0 fully saturated rings. The molecule has 8 nitrogen and oxygen atoms in total. The molecule has 0 saturated heterocycles. The van der Waals surface area contributed by atoms with E-state index in [1.807, 2.05) is 30.3 Å². The second-order valence-corrected chi connectivity index (χ2v) is 8.63. The Labute approximate surface area is 175 Å². The predicted octanol–water partition coefficient (Wildman–Crippen LogP) is 3.83. The number of aromatic nitrogens is 1. The van der Waals surface area contributed by atoms with Gasteiger partial charge < -0.3 is 5.32 Å². The third-order valence-corrected chi connectivity index (χ3v) is 6.98. The molecule has 0 bridgehead atoms. The molecule has 0 aliphatic heterocycles. The van der Waals surface area contributed by atoms with Gasteiger partial charge in [-0.05, 0) is 30.2 Å². The molecule has 0 unspecified atom stereocenters. The van der Waals surface area contributed by atoms with Crippen LogP contribution < -0.4 is 5.32 Å². The maximum atomic E-state index is 12.7. The molecule has 1 N–H and O–H groups in total. The first-order valence-electron chi connectivity index (χ1n) is 9.73. The Morgan fingerprint density at radius 3 is 2.53 bits per heavy atom. The van der Waals surface area contributed by atoms with Crippen LogP contribution in [0.25, 0.3) is 10.9 Å². The molecule has 0 saturated carbocycles. The number of sulfonamides is 1. The number of pyridine rings is 1. The first-order chi connectivity index (χ1) is 14.4. The first kappa shape index (κ1) is 21.7. The van der Waals surface area contributed by atoms with Crippen LogP contribution in [0.15, 0.2) is 59.6 Å². The third kappa shape index (κ3) is 4.42. The van der Waals surface area contributed by atoms with Gasteiger partial charge in [0.05, 0.1) is 15.3 Å². The molecular formula is C21H24N4O4S. The summed E-state index contributed by atoms with van der Waals surface area (Å²) >= 11 is 0. The van der Waals surface area contributed by atoms with E-state index in [1.54, 1.807) is 20.0 Å². The number of rotatable bonds is 9. The van der Waals surface area contributed by atoms with E-state index in [-0.39, 0.29) is 16.3 Å². The molecule has 0 radical (unpaired) electrons. The van der Waals surface area contributed by atoms with Crippen LogP contribution in [0, 0.1) is 10.1 Å². The predicted molar refractivity (Wildman–Crippen MR) is 117 cm³/mol. The number of benzene rings is 2. The average molecular weight is 429 g/mol. The molecule has 3 rings (SSSR count). The minimum Gasteiger partial charge on any atom is -0.379 e. The van der Waals surface area contributed by atoms with Crippen molar-refractivity contribution in [3.63, 3.8) is 0 Å². The van der Waals surface area contributed by atoms with Crippen molar-refractivity contribution in [1.29, 1.82) is 0 Å².